The Hall–Kier alpha value is -3.08. The van der Waals surface area contributed by atoms with Crippen LogP contribution in [0.15, 0.2) is 46.9 Å². The van der Waals surface area contributed by atoms with Gasteiger partial charge >= 0.3 is 0 Å². The number of carbonyl (C=O) groups excluding carboxylic acids is 1. The van der Waals surface area contributed by atoms with Crippen molar-refractivity contribution in [1.82, 2.24) is 0 Å². The minimum Gasteiger partial charge on any atom is -0.493 e. The zero-order chi connectivity index (χ0) is 19.6. The largest absolute Gasteiger partial charge is 0.493 e. The Labute approximate surface area is 157 Å². The van der Waals surface area contributed by atoms with E-state index in [2.05, 4.69) is 5.32 Å². The molecule has 0 aliphatic rings. The first-order chi connectivity index (χ1) is 12.9. The molecule has 0 aliphatic carbocycles. The van der Waals surface area contributed by atoms with E-state index in [9.17, 15) is 9.18 Å². The van der Waals surface area contributed by atoms with Crippen LogP contribution in [0.3, 0.4) is 0 Å². The summed E-state index contributed by atoms with van der Waals surface area (Å²) in [6.45, 7) is 8.20. The second kappa shape index (κ2) is 7.66. The molecule has 5 heteroatoms. The minimum absolute atomic E-state index is 0.290. The maximum Gasteiger partial charge on any atom is 0.248 e. The Morgan fingerprint density at radius 3 is 2.59 bits per heavy atom. The third-order valence-corrected chi connectivity index (χ3v) is 4.46. The number of rotatable bonds is 5. The van der Waals surface area contributed by atoms with E-state index >= 15 is 0 Å². The molecule has 1 heterocycles. The molecule has 0 radical (unpaired) electrons. The number of aryl methyl sites for hydroxylation is 2. The lowest BCUT2D eigenvalue weighted by Gasteiger charge is -2.11. The molecule has 0 spiro atoms. The van der Waals surface area contributed by atoms with Gasteiger partial charge in [0.1, 0.15) is 22.9 Å². The average molecular weight is 367 g/mol. The van der Waals surface area contributed by atoms with Crippen LogP contribution in [0, 0.1) is 19.7 Å². The zero-order valence-electron chi connectivity index (χ0n) is 15.9. The summed E-state index contributed by atoms with van der Waals surface area (Å²) in [4.78, 5) is 12.3. The van der Waals surface area contributed by atoms with Crippen LogP contribution in [0.5, 0.6) is 5.75 Å². The van der Waals surface area contributed by atoms with Crippen molar-refractivity contribution < 1.29 is 18.3 Å². The van der Waals surface area contributed by atoms with Gasteiger partial charge in [-0.2, -0.15) is 0 Å². The van der Waals surface area contributed by atoms with Crippen molar-refractivity contribution in [1.29, 1.82) is 0 Å². The summed E-state index contributed by atoms with van der Waals surface area (Å²) in [7, 11) is 0. The van der Waals surface area contributed by atoms with Gasteiger partial charge in [0.05, 0.1) is 6.61 Å². The number of amides is 1. The van der Waals surface area contributed by atoms with E-state index in [0.717, 1.165) is 33.4 Å². The highest BCUT2D eigenvalue weighted by Crippen LogP contribution is 2.35. The highest BCUT2D eigenvalue weighted by Gasteiger charge is 2.14. The summed E-state index contributed by atoms with van der Waals surface area (Å²) >= 11 is 0. The Morgan fingerprint density at radius 2 is 1.93 bits per heavy atom. The predicted molar refractivity (Wildman–Crippen MR) is 106 cm³/mol. The van der Waals surface area contributed by atoms with E-state index in [1.165, 1.54) is 30.3 Å². The topological polar surface area (TPSA) is 51.5 Å². The fraction of sp³-hybridized carbons (Fsp3) is 0.227. The standard InChI is InChI=1S/C22H22FNO3/c1-5-26-20-12-21-19(14(3)15(4)27-21)11-18(20)13(2)10-22(25)24-17-8-6-16(23)7-9-17/h6-12H,5H2,1-4H3,(H,24,25)/b13-10+. The maximum atomic E-state index is 13.0. The Morgan fingerprint density at radius 1 is 1.22 bits per heavy atom. The molecule has 0 atom stereocenters. The van der Waals surface area contributed by atoms with Crippen LogP contribution in [0.25, 0.3) is 16.5 Å². The SMILES string of the molecule is CCOc1cc2oc(C)c(C)c2cc1/C(C)=C/C(=O)Nc1ccc(F)cc1. The molecule has 0 fully saturated rings. The van der Waals surface area contributed by atoms with E-state index in [1.54, 1.807) is 0 Å². The van der Waals surface area contributed by atoms with E-state index < -0.39 is 0 Å². The van der Waals surface area contributed by atoms with Crippen LogP contribution >= 0.6 is 0 Å². The number of fused-ring (bicyclic) bond motifs is 1. The number of benzene rings is 2. The zero-order valence-corrected chi connectivity index (χ0v) is 15.9. The number of ether oxygens (including phenoxy) is 1. The van der Waals surface area contributed by atoms with Gasteiger partial charge in [-0.15, -0.1) is 0 Å². The highest BCUT2D eigenvalue weighted by atomic mass is 19.1. The number of halogens is 1. The van der Waals surface area contributed by atoms with E-state index in [1.807, 2.05) is 39.8 Å². The fourth-order valence-electron chi connectivity index (χ4n) is 2.94. The molecule has 1 amide bonds. The second-order valence-electron chi connectivity index (χ2n) is 6.38. The van der Waals surface area contributed by atoms with Crippen LogP contribution in [0.4, 0.5) is 10.1 Å². The normalized spacial score (nSPS) is 11.7. The lowest BCUT2D eigenvalue weighted by molar-refractivity contribution is -0.111. The molecule has 0 aliphatic heterocycles. The molecule has 4 nitrogen and oxygen atoms in total. The molecule has 27 heavy (non-hydrogen) atoms. The Kier molecular flexibility index (Phi) is 5.31. The molecule has 0 saturated carbocycles. The smallest absolute Gasteiger partial charge is 0.248 e. The number of hydrogen-bond acceptors (Lipinski definition) is 3. The molecule has 0 saturated heterocycles. The number of anilines is 1. The second-order valence-corrected chi connectivity index (χ2v) is 6.38. The summed E-state index contributed by atoms with van der Waals surface area (Å²) in [5.74, 6) is 0.893. The van der Waals surface area contributed by atoms with Crippen molar-refractivity contribution in [2.24, 2.45) is 0 Å². The molecule has 1 aromatic heterocycles. The van der Waals surface area contributed by atoms with E-state index in [-0.39, 0.29) is 11.7 Å². The molecule has 3 rings (SSSR count). The van der Waals surface area contributed by atoms with Crippen molar-refractivity contribution >= 4 is 28.1 Å². The molecule has 3 aromatic rings. The summed E-state index contributed by atoms with van der Waals surface area (Å²) in [6.07, 6.45) is 1.51. The van der Waals surface area contributed by atoms with Crippen molar-refractivity contribution in [3.8, 4) is 5.75 Å². The average Bonchev–Trinajstić information content (AvgIpc) is 2.90. The van der Waals surface area contributed by atoms with E-state index in [0.29, 0.717) is 18.0 Å². The van der Waals surface area contributed by atoms with E-state index in [4.69, 9.17) is 9.15 Å². The first-order valence-electron chi connectivity index (χ1n) is 8.80. The van der Waals surface area contributed by atoms with Gasteiger partial charge in [0.25, 0.3) is 0 Å². The van der Waals surface area contributed by atoms with Crippen molar-refractivity contribution in [2.45, 2.75) is 27.7 Å². The molecule has 1 N–H and O–H groups in total. The molecule has 140 valence electrons. The minimum atomic E-state index is -0.347. The Balaban J connectivity index is 1.94. The summed E-state index contributed by atoms with van der Waals surface area (Å²) in [5, 5.41) is 3.73. The van der Waals surface area contributed by atoms with Gasteiger partial charge in [0, 0.05) is 28.8 Å². The number of carbonyl (C=O) groups is 1. The fourth-order valence-corrected chi connectivity index (χ4v) is 2.94. The van der Waals surface area contributed by atoms with Crippen LogP contribution in [-0.2, 0) is 4.79 Å². The Bertz CT molecular complexity index is 1020. The monoisotopic (exact) mass is 367 g/mol. The van der Waals surface area contributed by atoms with Gasteiger partial charge in [0.15, 0.2) is 0 Å². The van der Waals surface area contributed by atoms with Crippen LogP contribution in [0.1, 0.15) is 30.7 Å². The van der Waals surface area contributed by atoms with Crippen molar-refractivity contribution in [3.05, 3.63) is 65.2 Å². The number of allylic oxidation sites excluding steroid dienone is 1. The molecular formula is C22H22FNO3. The van der Waals surface area contributed by atoms with Gasteiger partial charge in [-0.3, -0.25) is 4.79 Å². The first kappa shape index (κ1) is 18.7. The molecular weight excluding hydrogens is 345 g/mol. The summed E-state index contributed by atoms with van der Waals surface area (Å²) in [5.41, 5.74) is 3.96. The van der Waals surface area contributed by atoms with Gasteiger partial charge in [0.2, 0.25) is 5.91 Å². The van der Waals surface area contributed by atoms with Gasteiger partial charge in [-0.25, -0.2) is 4.39 Å². The number of furan rings is 1. The van der Waals surface area contributed by atoms with Crippen molar-refractivity contribution in [2.75, 3.05) is 11.9 Å². The lowest BCUT2D eigenvalue weighted by atomic mass is 10.0. The first-order valence-corrected chi connectivity index (χ1v) is 8.80. The van der Waals surface area contributed by atoms with Gasteiger partial charge in [-0.05, 0) is 69.2 Å². The van der Waals surface area contributed by atoms with Crippen LogP contribution in [-0.4, -0.2) is 12.5 Å². The molecule has 0 unspecified atom stereocenters. The maximum absolute atomic E-state index is 13.0. The van der Waals surface area contributed by atoms with Gasteiger partial charge in [-0.1, -0.05) is 0 Å². The predicted octanol–water partition coefficient (Wildman–Crippen LogP) is 5.63. The highest BCUT2D eigenvalue weighted by molar-refractivity contribution is 6.04. The third kappa shape index (κ3) is 4.03. The summed E-state index contributed by atoms with van der Waals surface area (Å²) in [6, 6.07) is 9.50. The lowest BCUT2D eigenvalue weighted by Crippen LogP contribution is -2.08. The van der Waals surface area contributed by atoms with Crippen LogP contribution in [0.2, 0.25) is 0 Å². The number of nitrogens with one attached hydrogen (secondary N) is 1. The third-order valence-electron chi connectivity index (χ3n) is 4.46. The van der Waals surface area contributed by atoms with Gasteiger partial charge < -0.3 is 14.5 Å². The molecule has 0 bridgehead atoms. The van der Waals surface area contributed by atoms with Crippen LogP contribution < -0.4 is 10.1 Å². The quantitative estimate of drug-likeness (QED) is 0.595. The summed E-state index contributed by atoms with van der Waals surface area (Å²) < 4.78 is 24.5. The van der Waals surface area contributed by atoms with Crippen molar-refractivity contribution in [3.63, 3.8) is 0 Å². The number of hydrogen-bond donors (Lipinski definition) is 1. The molecule has 2 aromatic carbocycles.